The Hall–Kier alpha value is -0.750. The van der Waals surface area contributed by atoms with Crippen LogP contribution in [0.3, 0.4) is 0 Å². The number of nitrogens with one attached hydrogen (secondary N) is 1. The first kappa shape index (κ1) is 19.3. The molecule has 1 N–H and O–H groups in total. The number of carbonyl (C=O) groups is 2. The zero-order chi connectivity index (χ0) is 16.8. The molecule has 0 spiro atoms. The second-order valence-corrected chi connectivity index (χ2v) is 8.64. The molecule has 0 unspecified atom stereocenters. The number of rotatable bonds is 6. The Kier molecular flexibility index (Phi) is 7.19. The maximum atomic E-state index is 12.0. The van der Waals surface area contributed by atoms with Crippen molar-refractivity contribution in [3.63, 3.8) is 0 Å². The molecule has 0 atom stereocenters. The molecule has 6 heteroatoms. The van der Waals surface area contributed by atoms with E-state index in [1.54, 1.807) is 4.90 Å². The average Bonchev–Trinajstić information content (AvgIpc) is 2.35. The zero-order valence-electron chi connectivity index (χ0n) is 14.5. The Balaban J connectivity index is 2.26. The SMILES string of the molecule is CC(C)(C)CC(C)(C)NC(=O)CSCC(=O)N1CCOCC1. The van der Waals surface area contributed by atoms with Gasteiger partial charge in [0.15, 0.2) is 0 Å². The van der Waals surface area contributed by atoms with Crippen molar-refractivity contribution in [2.24, 2.45) is 5.41 Å². The van der Waals surface area contributed by atoms with Gasteiger partial charge >= 0.3 is 0 Å². The van der Waals surface area contributed by atoms with Gasteiger partial charge in [0.05, 0.1) is 24.7 Å². The van der Waals surface area contributed by atoms with Crippen molar-refractivity contribution in [3.8, 4) is 0 Å². The third kappa shape index (κ3) is 8.03. The molecule has 1 aliphatic heterocycles. The summed E-state index contributed by atoms with van der Waals surface area (Å²) in [6.45, 7) is 13.1. The first-order valence-electron chi connectivity index (χ1n) is 7.83. The van der Waals surface area contributed by atoms with Crippen molar-refractivity contribution in [2.45, 2.75) is 46.6 Å². The van der Waals surface area contributed by atoms with Crippen LogP contribution in [0.25, 0.3) is 0 Å². The summed E-state index contributed by atoms with van der Waals surface area (Å²) in [5.41, 5.74) is -0.0691. The highest BCUT2D eigenvalue weighted by molar-refractivity contribution is 8.00. The van der Waals surface area contributed by atoms with Crippen LogP contribution in [0.1, 0.15) is 41.0 Å². The summed E-state index contributed by atoms with van der Waals surface area (Å²) in [6, 6.07) is 0. The van der Waals surface area contributed by atoms with Gasteiger partial charge < -0.3 is 15.0 Å². The summed E-state index contributed by atoms with van der Waals surface area (Å²) in [7, 11) is 0. The maximum absolute atomic E-state index is 12.0. The molecule has 1 rings (SSSR count). The van der Waals surface area contributed by atoms with Gasteiger partial charge in [-0.1, -0.05) is 20.8 Å². The van der Waals surface area contributed by atoms with Crippen molar-refractivity contribution in [1.82, 2.24) is 10.2 Å². The molecule has 0 aromatic rings. The second-order valence-electron chi connectivity index (χ2n) is 7.66. The summed E-state index contributed by atoms with van der Waals surface area (Å²) in [5, 5.41) is 3.06. The molecule has 22 heavy (non-hydrogen) atoms. The van der Waals surface area contributed by atoms with Crippen LogP contribution in [0, 0.1) is 5.41 Å². The van der Waals surface area contributed by atoms with Crippen LogP contribution in [0.4, 0.5) is 0 Å². The molecule has 128 valence electrons. The molecule has 1 aliphatic rings. The summed E-state index contributed by atoms with van der Waals surface area (Å²) in [6.07, 6.45) is 0.906. The number of carbonyl (C=O) groups excluding carboxylic acids is 2. The molecule has 1 heterocycles. The number of ether oxygens (including phenoxy) is 1. The van der Waals surface area contributed by atoms with E-state index >= 15 is 0 Å². The lowest BCUT2D eigenvalue weighted by molar-refractivity contribution is -0.132. The Bertz CT molecular complexity index is 385. The number of thioether (sulfide) groups is 1. The highest BCUT2D eigenvalue weighted by atomic mass is 32.2. The summed E-state index contributed by atoms with van der Waals surface area (Å²) in [4.78, 5) is 25.8. The van der Waals surface area contributed by atoms with Gasteiger partial charge in [0.1, 0.15) is 0 Å². The molecule has 0 aromatic heterocycles. The molecule has 2 amide bonds. The summed E-state index contributed by atoms with van der Waals surface area (Å²) >= 11 is 1.38. The van der Waals surface area contributed by atoms with Crippen molar-refractivity contribution < 1.29 is 14.3 Å². The molecule has 1 saturated heterocycles. The highest BCUT2D eigenvalue weighted by Crippen LogP contribution is 2.26. The Morgan fingerprint density at radius 3 is 2.23 bits per heavy atom. The normalized spacial score (nSPS) is 16.5. The van der Waals surface area contributed by atoms with E-state index in [0.717, 1.165) is 6.42 Å². The average molecular weight is 330 g/mol. The first-order valence-corrected chi connectivity index (χ1v) is 8.99. The van der Waals surface area contributed by atoms with Crippen LogP contribution in [-0.4, -0.2) is 60.1 Å². The van der Waals surface area contributed by atoms with E-state index in [1.807, 2.05) is 13.8 Å². The number of hydrogen-bond donors (Lipinski definition) is 1. The Morgan fingerprint density at radius 2 is 1.68 bits per heavy atom. The minimum Gasteiger partial charge on any atom is -0.378 e. The van der Waals surface area contributed by atoms with E-state index in [-0.39, 0.29) is 22.8 Å². The lowest BCUT2D eigenvalue weighted by Gasteiger charge is -2.33. The molecule has 0 saturated carbocycles. The third-order valence-electron chi connectivity index (χ3n) is 3.27. The van der Waals surface area contributed by atoms with Crippen LogP contribution in [0.15, 0.2) is 0 Å². The third-order valence-corrected chi connectivity index (χ3v) is 4.19. The molecule has 1 fully saturated rings. The van der Waals surface area contributed by atoms with Crippen LogP contribution in [0.2, 0.25) is 0 Å². The lowest BCUT2D eigenvalue weighted by atomic mass is 9.82. The minimum atomic E-state index is -0.232. The van der Waals surface area contributed by atoms with Gasteiger partial charge in [0.2, 0.25) is 11.8 Å². The monoisotopic (exact) mass is 330 g/mol. The molecular formula is C16H30N2O3S. The highest BCUT2D eigenvalue weighted by Gasteiger charge is 2.27. The smallest absolute Gasteiger partial charge is 0.232 e. The van der Waals surface area contributed by atoms with E-state index in [1.165, 1.54) is 11.8 Å². The predicted octanol–water partition coefficient (Wildman–Crippen LogP) is 1.91. The van der Waals surface area contributed by atoms with Crippen LogP contribution in [0.5, 0.6) is 0 Å². The van der Waals surface area contributed by atoms with Crippen molar-refractivity contribution >= 4 is 23.6 Å². The van der Waals surface area contributed by atoms with Gasteiger partial charge in [0, 0.05) is 18.6 Å². The molecule has 5 nitrogen and oxygen atoms in total. The molecule has 0 aliphatic carbocycles. The van der Waals surface area contributed by atoms with Gasteiger partial charge in [-0.15, -0.1) is 11.8 Å². The number of morpholine rings is 1. The second kappa shape index (κ2) is 8.20. The van der Waals surface area contributed by atoms with Crippen LogP contribution in [-0.2, 0) is 14.3 Å². The van der Waals surface area contributed by atoms with Crippen LogP contribution < -0.4 is 5.32 Å². The largest absolute Gasteiger partial charge is 0.378 e. The topological polar surface area (TPSA) is 58.6 Å². The van der Waals surface area contributed by atoms with Crippen molar-refractivity contribution in [2.75, 3.05) is 37.8 Å². The molecule has 0 bridgehead atoms. The number of amides is 2. The van der Waals surface area contributed by atoms with Gasteiger partial charge in [-0.05, 0) is 25.7 Å². The van der Waals surface area contributed by atoms with Gasteiger partial charge in [-0.25, -0.2) is 0 Å². The van der Waals surface area contributed by atoms with E-state index in [2.05, 4.69) is 26.1 Å². The van der Waals surface area contributed by atoms with E-state index < -0.39 is 0 Å². The maximum Gasteiger partial charge on any atom is 0.232 e. The number of nitrogens with zero attached hydrogens (tertiary/aromatic N) is 1. The fraction of sp³-hybridized carbons (Fsp3) is 0.875. The standard InChI is InChI=1S/C16H30N2O3S/c1-15(2,3)12-16(4,5)17-13(19)10-22-11-14(20)18-6-8-21-9-7-18/h6-12H2,1-5H3,(H,17,19). The Labute approximate surface area is 138 Å². The fourth-order valence-corrected chi connectivity index (χ4v) is 3.64. The van der Waals surface area contributed by atoms with E-state index in [4.69, 9.17) is 4.74 Å². The van der Waals surface area contributed by atoms with Crippen LogP contribution >= 0.6 is 11.8 Å². The molecular weight excluding hydrogens is 300 g/mol. The quantitative estimate of drug-likeness (QED) is 0.808. The van der Waals surface area contributed by atoms with E-state index in [9.17, 15) is 9.59 Å². The van der Waals surface area contributed by atoms with Gasteiger partial charge in [0.25, 0.3) is 0 Å². The summed E-state index contributed by atoms with van der Waals surface area (Å²) < 4.78 is 5.22. The minimum absolute atomic E-state index is 0.00553. The zero-order valence-corrected chi connectivity index (χ0v) is 15.3. The van der Waals surface area contributed by atoms with Gasteiger partial charge in [-0.2, -0.15) is 0 Å². The number of hydrogen-bond acceptors (Lipinski definition) is 4. The predicted molar refractivity (Wildman–Crippen MR) is 91.0 cm³/mol. The first-order chi connectivity index (χ1) is 10.1. The fourth-order valence-electron chi connectivity index (χ4n) is 2.92. The van der Waals surface area contributed by atoms with Crippen molar-refractivity contribution in [1.29, 1.82) is 0 Å². The molecule has 0 aromatic carbocycles. The van der Waals surface area contributed by atoms with E-state index in [0.29, 0.717) is 37.8 Å². The Morgan fingerprint density at radius 1 is 1.09 bits per heavy atom. The van der Waals surface area contributed by atoms with Crippen molar-refractivity contribution in [3.05, 3.63) is 0 Å². The summed E-state index contributed by atoms with van der Waals surface area (Å²) in [5.74, 6) is 0.764. The van der Waals surface area contributed by atoms with Gasteiger partial charge in [-0.3, -0.25) is 9.59 Å². The lowest BCUT2D eigenvalue weighted by Crippen LogP contribution is -2.46. The molecule has 0 radical (unpaired) electrons.